The van der Waals surface area contributed by atoms with Crippen LogP contribution in [0.2, 0.25) is 10.0 Å². The van der Waals surface area contributed by atoms with E-state index in [0.717, 1.165) is 6.42 Å². The monoisotopic (exact) mass is 533 g/mol. The minimum Gasteiger partial charge on any atom is -0.497 e. The fourth-order valence-corrected chi connectivity index (χ4v) is 5.00. The molecule has 2 fully saturated rings. The van der Waals surface area contributed by atoms with Gasteiger partial charge in [-0.25, -0.2) is 0 Å². The topological polar surface area (TPSA) is 88.2 Å². The molecule has 3 amide bonds. The molecule has 36 heavy (non-hydrogen) atoms. The summed E-state index contributed by atoms with van der Waals surface area (Å²) in [6.07, 6.45) is 1.51. The molecule has 0 aromatic heterocycles. The Bertz CT molecular complexity index is 1150. The first-order valence-corrected chi connectivity index (χ1v) is 12.7. The lowest BCUT2D eigenvalue weighted by atomic mass is 9.96. The summed E-state index contributed by atoms with van der Waals surface area (Å²) in [4.78, 5) is 43.2. The molecular formula is C26H29Cl2N3O5. The summed E-state index contributed by atoms with van der Waals surface area (Å²) in [5, 5.41) is 3.58. The first-order valence-electron chi connectivity index (χ1n) is 11.9. The molecule has 4 rings (SSSR count). The largest absolute Gasteiger partial charge is 0.497 e. The molecule has 0 saturated carbocycles. The average Bonchev–Trinajstić information content (AvgIpc) is 3.26. The maximum atomic E-state index is 13.8. The van der Waals surface area contributed by atoms with Gasteiger partial charge in [-0.2, -0.15) is 0 Å². The lowest BCUT2D eigenvalue weighted by Crippen LogP contribution is -2.59. The number of carbonyl (C=O) groups excluding carboxylic acids is 3. The van der Waals surface area contributed by atoms with Gasteiger partial charge in [-0.3, -0.25) is 19.3 Å². The fourth-order valence-electron chi connectivity index (χ4n) is 4.70. The van der Waals surface area contributed by atoms with Crippen molar-refractivity contribution in [1.29, 1.82) is 0 Å². The van der Waals surface area contributed by atoms with Crippen LogP contribution in [0.15, 0.2) is 42.5 Å². The molecular weight excluding hydrogens is 505 g/mol. The van der Waals surface area contributed by atoms with Crippen molar-refractivity contribution in [3.8, 4) is 5.75 Å². The van der Waals surface area contributed by atoms with Crippen molar-refractivity contribution in [2.24, 2.45) is 0 Å². The number of halogens is 2. The second-order valence-electron chi connectivity index (χ2n) is 8.89. The van der Waals surface area contributed by atoms with Gasteiger partial charge in [-0.15, -0.1) is 0 Å². The van der Waals surface area contributed by atoms with Crippen LogP contribution in [0.4, 0.5) is 0 Å². The SMILES string of the molecule is CCCNC(=O)[C@H]1COC2(CCN(C(=O)c3ccc(Cl)c(Cl)c3)CC2)N1C(=O)c1cccc(OC)c1. The highest BCUT2D eigenvalue weighted by atomic mass is 35.5. The minimum absolute atomic E-state index is 0.0893. The number of hydrogen-bond donors (Lipinski definition) is 1. The smallest absolute Gasteiger partial charge is 0.257 e. The molecule has 8 nitrogen and oxygen atoms in total. The van der Waals surface area contributed by atoms with Crippen LogP contribution in [0.1, 0.15) is 46.9 Å². The highest BCUT2D eigenvalue weighted by Crippen LogP contribution is 2.39. The Hall–Kier alpha value is -2.81. The second kappa shape index (κ2) is 11.1. The van der Waals surface area contributed by atoms with Gasteiger partial charge >= 0.3 is 0 Å². The molecule has 1 atom stereocenters. The summed E-state index contributed by atoms with van der Waals surface area (Å²) in [7, 11) is 1.53. The van der Waals surface area contributed by atoms with Gasteiger partial charge in [0.2, 0.25) is 5.91 Å². The van der Waals surface area contributed by atoms with Crippen molar-refractivity contribution in [1.82, 2.24) is 15.1 Å². The molecule has 2 saturated heterocycles. The molecule has 2 aliphatic rings. The van der Waals surface area contributed by atoms with Crippen molar-refractivity contribution >= 4 is 40.9 Å². The summed E-state index contributed by atoms with van der Waals surface area (Å²) in [6, 6.07) is 10.9. The molecule has 2 aromatic carbocycles. The van der Waals surface area contributed by atoms with Gasteiger partial charge in [0.05, 0.1) is 23.8 Å². The molecule has 10 heteroatoms. The number of piperidine rings is 1. The van der Waals surface area contributed by atoms with E-state index in [0.29, 0.717) is 59.4 Å². The number of amides is 3. The van der Waals surface area contributed by atoms with E-state index in [1.165, 1.54) is 7.11 Å². The number of methoxy groups -OCH3 is 1. The van der Waals surface area contributed by atoms with E-state index in [2.05, 4.69) is 5.32 Å². The Morgan fingerprint density at radius 3 is 2.44 bits per heavy atom. The maximum absolute atomic E-state index is 13.8. The van der Waals surface area contributed by atoms with Gasteiger partial charge in [0.15, 0.2) is 0 Å². The van der Waals surface area contributed by atoms with Crippen LogP contribution in [0, 0.1) is 0 Å². The maximum Gasteiger partial charge on any atom is 0.257 e. The highest BCUT2D eigenvalue weighted by molar-refractivity contribution is 6.42. The summed E-state index contributed by atoms with van der Waals surface area (Å²) in [5.41, 5.74) is -0.154. The van der Waals surface area contributed by atoms with Gasteiger partial charge in [-0.1, -0.05) is 36.2 Å². The zero-order chi connectivity index (χ0) is 25.9. The predicted octanol–water partition coefficient (Wildman–Crippen LogP) is 4.00. The number of likely N-dealkylation sites (tertiary alicyclic amines) is 1. The third-order valence-electron chi connectivity index (χ3n) is 6.65. The quantitative estimate of drug-likeness (QED) is 0.606. The van der Waals surface area contributed by atoms with Crippen molar-refractivity contribution in [3.63, 3.8) is 0 Å². The van der Waals surface area contributed by atoms with Gasteiger partial charge in [0.1, 0.15) is 17.5 Å². The highest BCUT2D eigenvalue weighted by Gasteiger charge is 2.54. The molecule has 0 aliphatic carbocycles. The van der Waals surface area contributed by atoms with E-state index in [4.69, 9.17) is 32.7 Å². The lowest BCUT2D eigenvalue weighted by Gasteiger charge is -2.44. The lowest BCUT2D eigenvalue weighted by molar-refractivity contribution is -0.128. The van der Waals surface area contributed by atoms with Crippen LogP contribution < -0.4 is 10.1 Å². The zero-order valence-corrected chi connectivity index (χ0v) is 21.8. The molecule has 2 heterocycles. The third kappa shape index (κ3) is 5.16. The number of benzene rings is 2. The summed E-state index contributed by atoms with van der Waals surface area (Å²) >= 11 is 12.1. The Morgan fingerprint density at radius 2 is 1.78 bits per heavy atom. The minimum atomic E-state index is -0.997. The molecule has 0 unspecified atom stereocenters. The van der Waals surface area contributed by atoms with E-state index in [1.807, 2.05) is 6.92 Å². The Kier molecular flexibility index (Phi) is 8.07. The first kappa shape index (κ1) is 26.3. The van der Waals surface area contributed by atoms with E-state index in [1.54, 1.807) is 52.3 Å². The molecule has 1 spiro atoms. The van der Waals surface area contributed by atoms with Crippen LogP contribution >= 0.6 is 23.2 Å². The number of hydrogen-bond acceptors (Lipinski definition) is 5. The summed E-state index contributed by atoms with van der Waals surface area (Å²) in [5.74, 6) is -0.194. The van der Waals surface area contributed by atoms with E-state index in [-0.39, 0.29) is 24.3 Å². The second-order valence-corrected chi connectivity index (χ2v) is 9.71. The van der Waals surface area contributed by atoms with Crippen molar-refractivity contribution in [2.45, 2.75) is 38.0 Å². The first-order chi connectivity index (χ1) is 17.3. The predicted molar refractivity (Wildman–Crippen MR) is 137 cm³/mol. The van der Waals surface area contributed by atoms with Crippen LogP contribution in [-0.2, 0) is 9.53 Å². The number of nitrogens with zero attached hydrogens (tertiary/aromatic N) is 2. The Labute approximate surface area is 220 Å². The van der Waals surface area contributed by atoms with Gasteiger partial charge in [0, 0.05) is 43.6 Å². The molecule has 1 N–H and O–H groups in total. The standard InChI is InChI=1S/C26H29Cl2N3O5/c1-3-11-29-23(32)22-16-36-26(31(22)25(34)17-5-4-6-19(14-17)35-2)9-12-30(13-10-26)24(33)18-7-8-20(27)21(28)15-18/h4-8,14-15,22H,3,9-13,16H2,1-2H3,(H,29,32)/t22-/m1/s1. The molecule has 2 aromatic rings. The fraction of sp³-hybridized carbons (Fsp3) is 0.423. The van der Waals surface area contributed by atoms with Crippen LogP contribution in [-0.4, -0.2) is 72.6 Å². The van der Waals surface area contributed by atoms with Gasteiger partial charge in [-0.05, 0) is 42.8 Å². The number of ether oxygens (including phenoxy) is 2. The number of carbonyl (C=O) groups is 3. The van der Waals surface area contributed by atoms with Crippen molar-refractivity contribution in [3.05, 3.63) is 63.6 Å². The van der Waals surface area contributed by atoms with Crippen molar-refractivity contribution < 1.29 is 23.9 Å². The molecule has 0 bridgehead atoms. The van der Waals surface area contributed by atoms with Crippen LogP contribution in [0.25, 0.3) is 0 Å². The number of rotatable bonds is 6. The van der Waals surface area contributed by atoms with Crippen molar-refractivity contribution in [2.75, 3.05) is 33.4 Å². The van der Waals surface area contributed by atoms with Gasteiger partial charge in [0.25, 0.3) is 11.8 Å². The van der Waals surface area contributed by atoms with E-state index < -0.39 is 11.8 Å². The third-order valence-corrected chi connectivity index (χ3v) is 7.39. The van der Waals surface area contributed by atoms with Gasteiger partial charge < -0.3 is 19.7 Å². The Morgan fingerprint density at radius 1 is 1.06 bits per heavy atom. The molecule has 2 aliphatic heterocycles. The Balaban J connectivity index is 1.58. The average molecular weight is 534 g/mol. The zero-order valence-electron chi connectivity index (χ0n) is 20.3. The summed E-state index contributed by atoms with van der Waals surface area (Å²) in [6.45, 7) is 3.27. The normalized spacial score (nSPS) is 18.8. The summed E-state index contributed by atoms with van der Waals surface area (Å²) < 4.78 is 11.5. The van der Waals surface area contributed by atoms with E-state index in [9.17, 15) is 14.4 Å². The van der Waals surface area contributed by atoms with E-state index >= 15 is 0 Å². The molecule has 0 radical (unpaired) electrons. The van der Waals surface area contributed by atoms with Crippen LogP contribution in [0.3, 0.4) is 0 Å². The molecule has 192 valence electrons. The number of nitrogens with one attached hydrogen (secondary N) is 1. The van der Waals surface area contributed by atoms with Crippen LogP contribution in [0.5, 0.6) is 5.75 Å².